The third-order valence-electron chi connectivity index (χ3n) is 5.45. The average molecular weight is 474 g/mol. The lowest BCUT2D eigenvalue weighted by Crippen LogP contribution is -2.35. The Morgan fingerprint density at radius 1 is 1.15 bits per heavy atom. The molecule has 0 bridgehead atoms. The Morgan fingerprint density at radius 2 is 1.94 bits per heavy atom. The standard InChI is InChI=1S/C22H15ClF3N5O2/c23-19-18(21(32)30-4-1-13(2-5-30)16-8-27-12-28-9-16)29-20-17(22(24,25)26)7-15(10-31(19)20)14-3-6-33-11-14/h1,3,6-12H,2,4-5H2. The molecule has 0 radical (unpaired) electrons. The molecule has 0 N–H and O–H groups in total. The van der Waals surface area contributed by atoms with Crippen molar-refractivity contribution < 1.29 is 22.4 Å². The number of amides is 1. The van der Waals surface area contributed by atoms with Crippen LogP contribution in [0.1, 0.15) is 28.0 Å². The Hall–Kier alpha value is -3.66. The number of imidazole rings is 1. The van der Waals surface area contributed by atoms with Gasteiger partial charge < -0.3 is 9.32 Å². The maximum Gasteiger partial charge on any atom is 0.420 e. The summed E-state index contributed by atoms with van der Waals surface area (Å²) in [5.41, 5.74) is 0.870. The molecular formula is C22H15ClF3N5O2. The van der Waals surface area contributed by atoms with E-state index in [1.54, 1.807) is 12.4 Å². The number of pyridine rings is 1. The Kier molecular flexibility index (Phi) is 5.16. The fourth-order valence-corrected chi connectivity index (χ4v) is 4.03. The monoisotopic (exact) mass is 473 g/mol. The first-order valence-electron chi connectivity index (χ1n) is 9.88. The van der Waals surface area contributed by atoms with Crippen LogP contribution in [-0.2, 0) is 6.18 Å². The van der Waals surface area contributed by atoms with Gasteiger partial charge in [0.15, 0.2) is 11.3 Å². The molecule has 1 aliphatic rings. The van der Waals surface area contributed by atoms with Crippen LogP contribution in [0.4, 0.5) is 13.2 Å². The molecule has 7 nitrogen and oxygen atoms in total. The predicted molar refractivity (Wildman–Crippen MR) is 113 cm³/mol. The lowest BCUT2D eigenvalue weighted by molar-refractivity contribution is -0.136. The van der Waals surface area contributed by atoms with Crippen molar-refractivity contribution in [3.63, 3.8) is 0 Å². The molecule has 0 spiro atoms. The Bertz CT molecular complexity index is 1360. The second kappa shape index (κ2) is 8.04. The summed E-state index contributed by atoms with van der Waals surface area (Å²) < 4.78 is 47.5. The topological polar surface area (TPSA) is 76.5 Å². The van der Waals surface area contributed by atoms with Crippen LogP contribution in [0, 0.1) is 0 Å². The van der Waals surface area contributed by atoms with Gasteiger partial charge in [0.25, 0.3) is 5.91 Å². The van der Waals surface area contributed by atoms with E-state index in [-0.39, 0.29) is 23.0 Å². The summed E-state index contributed by atoms with van der Waals surface area (Å²) in [6, 6.07) is 2.50. The molecule has 4 aromatic heterocycles. The molecule has 5 heterocycles. The summed E-state index contributed by atoms with van der Waals surface area (Å²) in [5, 5.41) is -0.183. The van der Waals surface area contributed by atoms with Crippen LogP contribution in [-0.4, -0.2) is 43.2 Å². The van der Waals surface area contributed by atoms with Crippen molar-refractivity contribution in [2.24, 2.45) is 0 Å². The van der Waals surface area contributed by atoms with E-state index < -0.39 is 23.3 Å². The van der Waals surface area contributed by atoms with Crippen molar-refractivity contribution >= 4 is 28.7 Å². The SMILES string of the molecule is O=C(c1nc2c(C(F)(F)F)cc(-c3ccoc3)cn2c1Cl)N1CC=C(c2cncnc2)CC1. The smallest absolute Gasteiger partial charge is 0.420 e. The van der Waals surface area contributed by atoms with E-state index in [0.717, 1.165) is 21.6 Å². The number of rotatable bonds is 3. The van der Waals surface area contributed by atoms with Crippen LogP contribution in [0.2, 0.25) is 5.15 Å². The van der Waals surface area contributed by atoms with Crippen molar-refractivity contribution in [3.8, 4) is 11.1 Å². The minimum Gasteiger partial charge on any atom is -0.472 e. The molecule has 0 saturated carbocycles. The Morgan fingerprint density at radius 3 is 2.58 bits per heavy atom. The van der Waals surface area contributed by atoms with Crippen molar-refractivity contribution in [2.45, 2.75) is 12.6 Å². The summed E-state index contributed by atoms with van der Waals surface area (Å²) in [6.45, 7) is 0.621. The summed E-state index contributed by atoms with van der Waals surface area (Å²) in [6.07, 6.45) is 6.61. The number of alkyl halides is 3. The second-order valence-electron chi connectivity index (χ2n) is 7.45. The number of furan rings is 1. The van der Waals surface area contributed by atoms with Gasteiger partial charge in [0.2, 0.25) is 0 Å². The lowest BCUT2D eigenvalue weighted by atomic mass is 10.0. The van der Waals surface area contributed by atoms with Gasteiger partial charge in [-0.2, -0.15) is 13.2 Å². The predicted octanol–water partition coefficient (Wildman–Crippen LogP) is 4.99. The highest BCUT2D eigenvalue weighted by molar-refractivity contribution is 6.33. The molecule has 0 saturated heterocycles. The van der Waals surface area contributed by atoms with E-state index in [1.165, 1.54) is 36.0 Å². The zero-order chi connectivity index (χ0) is 23.2. The number of fused-ring (bicyclic) bond motifs is 1. The van der Waals surface area contributed by atoms with E-state index in [9.17, 15) is 18.0 Å². The maximum atomic E-state index is 13.8. The molecule has 5 rings (SSSR count). The maximum absolute atomic E-state index is 13.8. The highest BCUT2D eigenvalue weighted by atomic mass is 35.5. The molecule has 0 unspecified atom stereocenters. The first-order chi connectivity index (χ1) is 15.8. The Labute approximate surface area is 190 Å². The summed E-state index contributed by atoms with van der Waals surface area (Å²) in [5.74, 6) is -0.540. The minimum absolute atomic E-state index is 0.183. The van der Waals surface area contributed by atoms with Gasteiger partial charge in [-0.1, -0.05) is 17.7 Å². The quantitative estimate of drug-likeness (QED) is 0.419. The van der Waals surface area contributed by atoms with Gasteiger partial charge in [-0.05, 0) is 24.1 Å². The van der Waals surface area contributed by atoms with Gasteiger partial charge in [0.05, 0.1) is 18.1 Å². The van der Waals surface area contributed by atoms with Crippen molar-refractivity contribution in [1.29, 1.82) is 0 Å². The molecule has 168 valence electrons. The third-order valence-corrected chi connectivity index (χ3v) is 5.81. The number of hydrogen-bond acceptors (Lipinski definition) is 5. The molecule has 1 aliphatic heterocycles. The molecule has 0 fully saturated rings. The van der Waals surface area contributed by atoms with Crippen LogP contribution >= 0.6 is 11.6 Å². The normalized spacial score (nSPS) is 14.5. The summed E-state index contributed by atoms with van der Waals surface area (Å²) >= 11 is 6.38. The van der Waals surface area contributed by atoms with Gasteiger partial charge >= 0.3 is 6.18 Å². The molecule has 0 atom stereocenters. The Balaban J connectivity index is 1.52. The van der Waals surface area contributed by atoms with Gasteiger partial charge in [0.1, 0.15) is 11.5 Å². The van der Waals surface area contributed by atoms with Gasteiger partial charge in [0, 0.05) is 48.4 Å². The fraction of sp³-hybridized carbons (Fsp3) is 0.182. The van der Waals surface area contributed by atoms with Crippen LogP contribution in [0.5, 0.6) is 0 Å². The van der Waals surface area contributed by atoms with E-state index in [0.29, 0.717) is 18.5 Å². The molecular weight excluding hydrogens is 459 g/mol. The fourth-order valence-electron chi connectivity index (χ4n) is 3.78. The highest BCUT2D eigenvalue weighted by Crippen LogP contribution is 2.37. The number of carbonyl (C=O) groups excluding carboxylic acids is 1. The van der Waals surface area contributed by atoms with E-state index in [1.807, 2.05) is 6.08 Å². The van der Waals surface area contributed by atoms with Crippen molar-refractivity contribution in [1.82, 2.24) is 24.3 Å². The van der Waals surface area contributed by atoms with Crippen LogP contribution < -0.4 is 0 Å². The van der Waals surface area contributed by atoms with Gasteiger partial charge in [-0.25, -0.2) is 15.0 Å². The molecule has 11 heteroatoms. The second-order valence-corrected chi connectivity index (χ2v) is 7.81. The first-order valence-corrected chi connectivity index (χ1v) is 10.3. The minimum atomic E-state index is -4.70. The number of hydrogen-bond donors (Lipinski definition) is 0. The molecule has 0 aromatic carbocycles. The molecule has 4 aromatic rings. The zero-order valence-corrected chi connectivity index (χ0v) is 17.6. The van der Waals surface area contributed by atoms with Crippen LogP contribution in [0.3, 0.4) is 0 Å². The van der Waals surface area contributed by atoms with Crippen molar-refractivity contribution in [2.75, 3.05) is 13.1 Å². The number of halogens is 4. The number of aromatic nitrogens is 4. The van der Waals surface area contributed by atoms with E-state index in [4.69, 9.17) is 16.0 Å². The highest BCUT2D eigenvalue weighted by Gasteiger charge is 2.36. The largest absolute Gasteiger partial charge is 0.472 e. The van der Waals surface area contributed by atoms with Gasteiger partial charge in [-0.3, -0.25) is 9.20 Å². The summed E-state index contributed by atoms with van der Waals surface area (Å²) in [4.78, 5) is 26.6. The molecule has 33 heavy (non-hydrogen) atoms. The van der Waals surface area contributed by atoms with Gasteiger partial charge in [-0.15, -0.1) is 0 Å². The number of carbonyl (C=O) groups is 1. The summed E-state index contributed by atoms with van der Waals surface area (Å²) in [7, 11) is 0. The number of nitrogens with zero attached hydrogens (tertiary/aromatic N) is 5. The average Bonchev–Trinajstić information content (AvgIpc) is 3.47. The zero-order valence-electron chi connectivity index (χ0n) is 16.9. The van der Waals surface area contributed by atoms with E-state index >= 15 is 0 Å². The molecule has 0 aliphatic carbocycles. The van der Waals surface area contributed by atoms with Crippen LogP contribution in [0.25, 0.3) is 22.3 Å². The van der Waals surface area contributed by atoms with Crippen LogP contribution in [0.15, 0.2) is 60.1 Å². The molecule has 1 amide bonds. The third kappa shape index (κ3) is 3.86. The van der Waals surface area contributed by atoms with Crippen molar-refractivity contribution in [3.05, 3.63) is 77.6 Å². The lowest BCUT2D eigenvalue weighted by Gasteiger charge is -2.25. The first kappa shape index (κ1) is 21.2. The van der Waals surface area contributed by atoms with E-state index in [2.05, 4.69) is 15.0 Å².